The predicted molar refractivity (Wildman–Crippen MR) is 93.1 cm³/mol. The lowest BCUT2D eigenvalue weighted by Gasteiger charge is -2.12. The fourth-order valence-electron chi connectivity index (χ4n) is 1.82. The maximum absolute atomic E-state index is 11.9. The van der Waals surface area contributed by atoms with Gasteiger partial charge in [-0.05, 0) is 45.8 Å². The SMILES string of the molecule is COc1cc(/C=N\NC(=O)c2ccncc2)cc(Br)c1OCC(=O)O. The van der Waals surface area contributed by atoms with E-state index in [1.54, 1.807) is 24.3 Å². The van der Waals surface area contributed by atoms with E-state index < -0.39 is 12.6 Å². The van der Waals surface area contributed by atoms with Crippen molar-refractivity contribution in [3.05, 3.63) is 52.3 Å². The van der Waals surface area contributed by atoms with Crippen LogP contribution in [-0.4, -0.2) is 41.9 Å². The molecule has 0 spiro atoms. The van der Waals surface area contributed by atoms with Gasteiger partial charge in [0.05, 0.1) is 17.8 Å². The fraction of sp³-hybridized carbons (Fsp3) is 0.125. The summed E-state index contributed by atoms with van der Waals surface area (Å²) in [5.41, 5.74) is 3.44. The van der Waals surface area contributed by atoms with Crippen LogP contribution in [0.2, 0.25) is 0 Å². The Morgan fingerprint density at radius 1 is 1.36 bits per heavy atom. The second kappa shape index (κ2) is 8.78. The Bertz CT molecular complexity index is 796. The van der Waals surface area contributed by atoms with E-state index in [1.807, 2.05) is 0 Å². The number of ether oxygens (including phenoxy) is 2. The van der Waals surface area contributed by atoms with Crippen molar-refractivity contribution in [1.82, 2.24) is 10.4 Å². The van der Waals surface area contributed by atoms with Gasteiger partial charge in [-0.25, -0.2) is 10.2 Å². The zero-order chi connectivity index (χ0) is 18.2. The third-order valence-corrected chi connectivity index (χ3v) is 3.50. The van der Waals surface area contributed by atoms with Gasteiger partial charge in [0.1, 0.15) is 0 Å². The molecule has 1 amide bonds. The van der Waals surface area contributed by atoms with Gasteiger partial charge in [0.15, 0.2) is 18.1 Å². The second-order valence-electron chi connectivity index (χ2n) is 4.65. The van der Waals surface area contributed by atoms with Gasteiger partial charge in [-0.3, -0.25) is 9.78 Å². The zero-order valence-corrected chi connectivity index (χ0v) is 14.7. The van der Waals surface area contributed by atoms with E-state index in [0.29, 0.717) is 21.3 Å². The summed E-state index contributed by atoms with van der Waals surface area (Å²) in [5.74, 6) is -0.870. The number of carboxylic acid groups (broad SMARTS) is 1. The molecule has 0 bridgehead atoms. The van der Waals surface area contributed by atoms with Gasteiger partial charge in [0, 0.05) is 18.0 Å². The molecule has 2 N–H and O–H groups in total. The number of aromatic nitrogens is 1. The predicted octanol–water partition coefficient (Wildman–Crippen LogP) is 2.08. The number of methoxy groups -OCH3 is 1. The normalized spacial score (nSPS) is 10.5. The Hall–Kier alpha value is -2.94. The molecule has 0 radical (unpaired) electrons. The van der Waals surface area contributed by atoms with E-state index in [0.717, 1.165) is 0 Å². The molecule has 0 unspecified atom stereocenters. The van der Waals surface area contributed by atoms with Crippen molar-refractivity contribution in [2.24, 2.45) is 5.10 Å². The number of benzene rings is 1. The molecule has 0 atom stereocenters. The molecule has 1 aromatic heterocycles. The molecule has 2 rings (SSSR count). The van der Waals surface area contributed by atoms with Crippen LogP contribution in [0.5, 0.6) is 11.5 Å². The number of rotatable bonds is 7. The summed E-state index contributed by atoms with van der Waals surface area (Å²) in [5, 5.41) is 12.6. The average Bonchev–Trinajstić information content (AvgIpc) is 2.60. The van der Waals surface area contributed by atoms with E-state index in [9.17, 15) is 9.59 Å². The van der Waals surface area contributed by atoms with Gasteiger partial charge in [-0.1, -0.05) is 0 Å². The quantitative estimate of drug-likeness (QED) is 0.536. The van der Waals surface area contributed by atoms with Crippen LogP contribution in [0.4, 0.5) is 0 Å². The summed E-state index contributed by atoms with van der Waals surface area (Å²) in [6.07, 6.45) is 4.44. The molecular weight excluding hydrogens is 394 g/mol. The Kier molecular flexibility index (Phi) is 6.47. The highest BCUT2D eigenvalue weighted by molar-refractivity contribution is 9.10. The van der Waals surface area contributed by atoms with Gasteiger partial charge >= 0.3 is 5.97 Å². The number of nitrogens with zero attached hydrogens (tertiary/aromatic N) is 2. The molecule has 0 saturated heterocycles. The molecule has 25 heavy (non-hydrogen) atoms. The molecule has 1 aromatic carbocycles. The molecule has 2 aromatic rings. The minimum absolute atomic E-state index is 0.267. The van der Waals surface area contributed by atoms with E-state index >= 15 is 0 Å². The lowest BCUT2D eigenvalue weighted by molar-refractivity contribution is -0.139. The van der Waals surface area contributed by atoms with Crippen LogP contribution in [0.1, 0.15) is 15.9 Å². The summed E-state index contributed by atoms with van der Waals surface area (Å²) >= 11 is 3.29. The molecule has 0 aliphatic carbocycles. The lowest BCUT2D eigenvalue weighted by atomic mass is 10.2. The van der Waals surface area contributed by atoms with Crippen molar-refractivity contribution >= 4 is 34.0 Å². The summed E-state index contributed by atoms with van der Waals surface area (Å²) in [7, 11) is 1.43. The van der Waals surface area contributed by atoms with E-state index in [-0.39, 0.29) is 11.7 Å². The number of carbonyl (C=O) groups is 2. The number of hydrogen-bond acceptors (Lipinski definition) is 6. The van der Waals surface area contributed by atoms with Crippen molar-refractivity contribution in [3.8, 4) is 11.5 Å². The topological polar surface area (TPSA) is 110 Å². The van der Waals surface area contributed by atoms with Gasteiger partial charge in [-0.15, -0.1) is 0 Å². The maximum Gasteiger partial charge on any atom is 0.341 e. The van der Waals surface area contributed by atoms with Gasteiger partial charge in [-0.2, -0.15) is 5.10 Å². The first kappa shape index (κ1) is 18.4. The van der Waals surface area contributed by atoms with Crippen molar-refractivity contribution in [2.75, 3.05) is 13.7 Å². The highest BCUT2D eigenvalue weighted by Crippen LogP contribution is 2.36. The molecule has 9 heteroatoms. The van der Waals surface area contributed by atoms with Crippen molar-refractivity contribution < 1.29 is 24.2 Å². The second-order valence-corrected chi connectivity index (χ2v) is 5.51. The third kappa shape index (κ3) is 5.28. The van der Waals surface area contributed by atoms with E-state index in [1.165, 1.54) is 25.7 Å². The Morgan fingerprint density at radius 3 is 2.72 bits per heavy atom. The smallest absolute Gasteiger partial charge is 0.341 e. The number of halogens is 1. The molecule has 0 aliphatic heterocycles. The maximum atomic E-state index is 11.9. The number of nitrogens with one attached hydrogen (secondary N) is 1. The zero-order valence-electron chi connectivity index (χ0n) is 13.1. The first-order valence-electron chi connectivity index (χ1n) is 6.97. The number of amides is 1. The molecule has 1 heterocycles. The largest absolute Gasteiger partial charge is 0.493 e. The van der Waals surface area contributed by atoms with Gasteiger partial charge < -0.3 is 14.6 Å². The molecule has 8 nitrogen and oxygen atoms in total. The number of hydrazone groups is 1. The molecule has 0 fully saturated rings. The Balaban J connectivity index is 2.10. The van der Waals surface area contributed by atoms with Crippen molar-refractivity contribution in [3.63, 3.8) is 0 Å². The van der Waals surface area contributed by atoms with Crippen LogP contribution in [0.15, 0.2) is 46.2 Å². The van der Waals surface area contributed by atoms with E-state index in [2.05, 4.69) is 31.4 Å². The summed E-state index contributed by atoms with van der Waals surface area (Å²) < 4.78 is 10.9. The van der Waals surface area contributed by atoms with Crippen LogP contribution in [0.3, 0.4) is 0 Å². The summed E-state index contributed by atoms with van der Waals surface area (Å²) in [4.78, 5) is 26.3. The monoisotopic (exact) mass is 407 g/mol. The van der Waals surface area contributed by atoms with Crippen molar-refractivity contribution in [2.45, 2.75) is 0 Å². The highest BCUT2D eigenvalue weighted by atomic mass is 79.9. The minimum Gasteiger partial charge on any atom is -0.493 e. The number of carboxylic acids is 1. The summed E-state index contributed by atoms with van der Waals surface area (Å²) in [6, 6.07) is 6.39. The standard InChI is InChI=1S/C16H14BrN3O5/c1-24-13-7-10(6-12(17)15(13)25-9-14(21)22)8-19-20-16(23)11-2-4-18-5-3-11/h2-8H,9H2,1H3,(H,20,23)(H,21,22)/b19-8-. The van der Waals surface area contributed by atoms with Crippen LogP contribution >= 0.6 is 15.9 Å². The number of hydrogen-bond donors (Lipinski definition) is 2. The first-order chi connectivity index (χ1) is 12.0. The lowest BCUT2D eigenvalue weighted by Crippen LogP contribution is -2.17. The third-order valence-electron chi connectivity index (χ3n) is 2.91. The molecule has 130 valence electrons. The number of carbonyl (C=O) groups excluding carboxylic acids is 1. The first-order valence-corrected chi connectivity index (χ1v) is 7.76. The van der Waals surface area contributed by atoms with Crippen LogP contribution in [-0.2, 0) is 4.79 Å². The minimum atomic E-state index is -1.10. The number of aliphatic carboxylic acids is 1. The van der Waals surface area contributed by atoms with Crippen LogP contribution in [0, 0.1) is 0 Å². The molecule has 0 aliphatic rings. The highest BCUT2D eigenvalue weighted by Gasteiger charge is 2.12. The number of pyridine rings is 1. The molecular formula is C16H14BrN3O5. The Morgan fingerprint density at radius 2 is 2.08 bits per heavy atom. The van der Waals surface area contributed by atoms with Crippen LogP contribution < -0.4 is 14.9 Å². The average molecular weight is 408 g/mol. The Labute approximate surface area is 151 Å². The van der Waals surface area contributed by atoms with Crippen molar-refractivity contribution in [1.29, 1.82) is 0 Å². The van der Waals surface area contributed by atoms with Gasteiger partial charge in [0.2, 0.25) is 0 Å². The van der Waals surface area contributed by atoms with E-state index in [4.69, 9.17) is 14.6 Å². The fourth-order valence-corrected chi connectivity index (χ4v) is 2.40. The van der Waals surface area contributed by atoms with Crippen LogP contribution in [0.25, 0.3) is 0 Å². The summed E-state index contributed by atoms with van der Waals surface area (Å²) in [6.45, 7) is -0.496. The molecule has 0 saturated carbocycles. The van der Waals surface area contributed by atoms with Gasteiger partial charge in [0.25, 0.3) is 5.91 Å².